The lowest BCUT2D eigenvalue weighted by Gasteiger charge is -2.36. The van der Waals surface area contributed by atoms with Crippen LogP contribution in [0.5, 0.6) is 0 Å². The molecule has 1 unspecified atom stereocenters. The van der Waals surface area contributed by atoms with Gasteiger partial charge in [0.05, 0.1) is 27.8 Å². The van der Waals surface area contributed by atoms with Crippen LogP contribution in [-0.2, 0) is 0 Å². The highest BCUT2D eigenvalue weighted by Gasteiger charge is 2.45. The summed E-state index contributed by atoms with van der Waals surface area (Å²) in [5, 5.41) is 3.90. The van der Waals surface area contributed by atoms with Gasteiger partial charge in [-0.25, -0.2) is 0 Å². The predicted molar refractivity (Wildman–Crippen MR) is 244 cm³/mol. The predicted octanol–water partition coefficient (Wildman–Crippen LogP) is 11.3. The molecule has 1 atom stereocenters. The molecular weight excluding hydrogens is 723 g/mol. The maximum absolute atomic E-state index is 2.70. The van der Waals surface area contributed by atoms with E-state index in [9.17, 15) is 0 Å². The maximum atomic E-state index is 2.70. The third kappa shape index (κ3) is 3.88. The van der Waals surface area contributed by atoms with Crippen LogP contribution in [-0.4, -0.2) is 20.4 Å². The second-order valence-electron chi connectivity index (χ2n) is 16.0. The molecule has 3 aliphatic heterocycles. The minimum absolute atomic E-state index is 0.0742. The standard InChI is InChI=1S/C52H33BN4S/c1-4-16-32(17-5-1)54(33-18-6-2-7-19-33)35-30-43-46-44(31-35)57-48-39(52-51(57)37-23-11-13-29-45(37)58-52)25-15-27-41(48)53(46)40-26-14-24-38-47(40)56(43)49-36-22-10-12-28-42(36)55(50(38)49)34-20-8-3-9-21-34/h1-22,24-31,37H,23H2. The number of benzene rings is 7. The first-order valence-electron chi connectivity index (χ1n) is 20.3. The van der Waals surface area contributed by atoms with Gasteiger partial charge in [0, 0.05) is 66.6 Å². The molecule has 0 radical (unpaired) electrons. The van der Waals surface area contributed by atoms with Crippen molar-refractivity contribution in [3.63, 3.8) is 0 Å². The van der Waals surface area contributed by atoms with Crippen molar-refractivity contribution in [2.75, 3.05) is 4.90 Å². The summed E-state index contributed by atoms with van der Waals surface area (Å²) >= 11 is 1.99. The first-order chi connectivity index (χ1) is 28.8. The van der Waals surface area contributed by atoms with Gasteiger partial charge in [0.1, 0.15) is 0 Å². The first kappa shape index (κ1) is 31.2. The van der Waals surface area contributed by atoms with E-state index in [0.717, 1.165) is 23.5 Å². The van der Waals surface area contributed by atoms with Crippen molar-refractivity contribution in [1.82, 2.24) is 13.7 Å². The number of hydrogen-bond acceptors (Lipinski definition) is 2. The summed E-state index contributed by atoms with van der Waals surface area (Å²) in [5.74, 6) is 0.338. The molecule has 14 rings (SSSR count). The van der Waals surface area contributed by atoms with Crippen molar-refractivity contribution in [2.24, 2.45) is 0 Å². The molecule has 0 saturated heterocycles. The first-order valence-corrected chi connectivity index (χ1v) is 21.1. The molecule has 6 heterocycles. The normalized spacial score (nSPS) is 15.6. The van der Waals surface area contributed by atoms with Gasteiger partial charge in [0.2, 0.25) is 0 Å². The van der Waals surface area contributed by atoms with Crippen LogP contribution in [0, 0.1) is 0 Å². The molecular formula is C52H33BN4S. The maximum Gasteiger partial charge on any atom is 0.252 e. The topological polar surface area (TPSA) is 18.0 Å². The quantitative estimate of drug-likeness (QED) is 0.167. The number of para-hydroxylation sites is 6. The van der Waals surface area contributed by atoms with Crippen LogP contribution in [0.25, 0.3) is 60.8 Å². The number of aromatic nitrogens is 3. The number of allylic oxidation sites excluding steroid dienone is 4. The molecule has 58 heavy (non-hydrogen) atoms. The molecule has 3 aromatic heterocycles. The molecule has 0 saturated carbocycles. The van der Waals surface area contributed by atoms with E-state index in [4.69, 9.17) is 0 Å². The van der Waals surface area contributed by atoms with E-state index in [1.807, 2.05) is 11.8 Å². The summed E-state index contributed by atoms with van der Waals surface area (Å²) in [4.78, 5) is 5.32. The van der Waals surface area contributed by atoms with E-state index in [1.165, 1.54) is 92.7 Å². The molecule has 0 amide bonds. The zero-order valence-electron chi connectivity index (χ0n) is 31.4. The van der Waals surface area contributed by atoms with E-state index in [-0.39, 0.29) is 6.71 Å². The zero-order chi connectivity index (χ0) is 37.6. The zero-order valence-corrected chi connectivity index (χ0v) is 32.2. The lowest BCUT2D eigenvalue weighted by atomic mass is 9.34. The largest absolute Gasteiger partial charge is 0.313 e. The number of anilines is 3. The Balaban J connectivity index is 1.19. The second kappa shape index (κ2) is 11.4. The number of thioether (sulfide) groups is 1. The Morgan fingerprint density at radius 2 is 1.14 bits per heavy atom. The Morgan fingerprint density at radius 1 is 0.534 bits per heavy atom. The highest BCUT2D eigenvalue weighted by molar-refractivity contribution is 8.03. The van der Waals surface area contributed by atoms with E-state index < -0.39 is 0 Å². The molecule has 270 valence electrons. The van der Waals surface area contributed by atoms with Gasteiger partial charge in [-0.1, -0.05) is 139 Å². The number of fused-ring (bicyclic) bond motifs is 14. The van der Waals surface area contributed by atoms with Gasteiger partial charge in [0.25, 0.3) is 6.71 Å². The summed E-state index contributed by atoms with van der Waals surface area (Å²) in [5.41, 5.74) is 19.1. The summed E-state index contributed by atoms with van der Waals surface area (Å²) in [6, 6.07) is 60.8. The van der Waals surface area contributed by atoms with Gasteiger partial charge in [0.15, 0.2) is 0 Å². The van der Waals surface area contributed by atoms with Gasteiger partial charge in [-0.2, -0.15) is 0 Å². The molecule has 10 aromatic rings. The Hall–Kier alpha value is -6.89. The Labute approximate surface area is 339 Å². The average Bonchev–Trinajstić information content (AvgIpc) is 4.02. The number of rotatable bonds is 4. The number of nitrogens with zero attached hydrogens (tertiary/aromatic N) is 4. The second-order valence-corrected chi connectivity index (χ2v) is 17.1. The summed E-state index contributed by atoms with van der Waals surface area (Å²) < 4.78 is 7.84. The average molecular weight is 757 g/mol. The fourth-order valence-electron chi connectivity index (χ4n) is 11.0. The van der Waals surface area contributed by atoms with Crippen LogP contribution in [0.15, 0.2) is 192 Å². The van der Waals surface area contributed by atoms with Crippen molar-refractivity contribution in [1.29, 1.82) is 0 Å². The van der Waals surface area contributed by atoms with Crippen molar-refractivity contribution in [2.45, 2.75) is 17.2 Å². The molecule has 4 aliphatic rings. The fraction of sp³-hybridized carbons (Fsp3) is 0.0385. The monoisotopic (exact) mass is 756 g/mol. The molecule has 1 aliphatic carbocycles. The van der Waals surface area contributed by atoms with Gasteiger partial charge < -0.3 is 18.6 Å². The smallest absolute Gasteiger partial charge is 0.252 e. The Morgan fingerprint density at radius 3 is 1.88 bits per heavy atom. The minimum atomic E-state index is 0.0742. The van der Waals surface area contributed by atoms with E-state index in [2.05, 4.69) is 201 Å². The SMILES string of the molecule is C1=CCC2C(=C1)Sc1c2n2c3c(cccc13)B1c3c-2cc(N(c2ccccc2)c2ccccc2)cc3-n2c3c1cccc3c1c2c2ccccc2n1-c1ccccc1. The highest BCUT2D eigenvalue weighted by atomic mass is 32.2. The van der Waals surface area contributed by atoms with Crippen LogP contribution in [0.4, 0.5) is 17.1 Å². The molecule has 4 nitrogen and oxygen atoms in total. The van der Waals surface area contributed by atoms with Crippen LogP contribution in [0.1, 0.15) is 18.0 Å². The van der Waals surface area contributed by atoms with E-state index in [0.29, 0.717) is 5.92 Å². The van der Waals surface area contributed by atoms with Gasteiger partial charge in [-0.05, 0) is 82.3 Å². The summed E-state index contributed by atoms with van der Waals surface area (Å²) in [6.07, 6.45) is 7.96. The number of hydrogen-bond donors (Lipinski definition) is 0. The van der Waals surface area contributed by atoms with Crippen molar-refractivity contribution in [3.05, 3.63) is 193 Å². The van der Waals surface area contributed by atoms with Gasteiger partial charge in [-0.15, -0.1) is 0 Å². The van der Waals surface area contributed by atoms with Crippen molar-refractivity contribution in [3.8, 4) is 17.1 Å². The highest BCUT2D eigenvalue weighted by Crippen LogP contribution is 2.56. The van der Waals surface area contributed by atoms with Crippen LogP contribution in [0.3, 0.4) is 0 Å². The molecule has 0 bridgehead atoms. The summed E-state index contributed by atoms with van der Waals surface area (Å²) in [6.45, 7) is 0.0742. The lowest BCUT2D eigenvalue weighted by Crippen LogP contribution is -2.59. The van der Waals surface area contributed by atoms with Crippen LogP contribution in [0.2, 0.25) is 0 Å². The third-order valence-electron chi connectivity index (χ3n) is 13.1. The fourth-order valence-corrected chi connectivity index (χ4v) is 12.3. The van der Waals surface area contributed by atoms with Crippen molar-refractivity contribution >= 4 is 95.7 Å². The minimum Gasteiger partial charge on any atom is -0.313 e. The molecule has 7 aromatic carbocycles. The van der Waals surface area contributed by atoms with E-state index >= 15 is 0 Å². The summed E-state index contributed by atoms with van der Waals surface area (Å²) in [7, 11) is 0. The lowest BCUT2D eigenvalue weighted by molar-refractivity contribution is 0.778. The van der Waals surface area contributed by atoms with Crippen LogP contribution < -0.4 is 21.3 Å². The van der Waals surface area contributed by atoms with Gasteiger partial charge >= 0.3 is 0 Å². The van der Waals surface area contributed by atoms with Gasteiger partial charge in [-0.3, -0.25) is 0 Å². The van der Waals surface area contributed by atoms with Crippen LogP contribution >= 0.6 is 11.8 Å². The molecule has 0 fully saturated rings. The van der Waals surface area contributed by atoms with E-state index in [1.54, 1.807) is 0 Å². The molecule has 0 spiro atoms. The Bertz CT molecular complexity index is 3420. The van der Waals surface area contributed by atoms with Crippen molar-refractivity contribution < 1.29 is 0 Å². The molecule has 6 heteroatoms. The molecule has 0 N–H and O–H groups in total. The Kier molecular flexibility index (Phi) is 6.12. The third-order valence-corrected chi connectivity index (χ3v) is 14.4.